The van der Waals surface area contributed by atoms with Gasteiger partial charge in [0.2, 0.25) is 5.82 Å². The molecule has 0 spiro atoms. The summed E-state index contributed by atoms with van der Waals surface area (Å²) >= 11 is 5.90. The molecule has 0 unspecified atom stereocenters. The third-order valence-corrected chi connectivity index (χ3v) is 3.16. The van der Waals surface area contributed by atoms with Crippen molar-refractivity contribution in [2.75, 3.05) is 26.3 Å². The maximum Gasteiger partial charge on any atom is 0.305 e. The molecule has 1 aromatic rings. The second-order valence-corrected chi connectivity index (χ2v) is 4.45. The number of halogens is 2. The van der Waals surface area contributed by atoms with E-state index in [2.05, 4.69) is 4.90 Å². The number of hydrogen-bond donors (Lipinski definition) is 0. The van der Waals surface area contributed by atoms with Crippen molar-refractivity contribution in [3.05, 3.63) is 38.7 Å². The van der Waals surface area contributed by atoms with Crippen LogP contribution in [0.25, 0.3) is 0 Å². The average molecular weight is 275 g/mol. The Morgan fingerprint density at radius 3 is 2.72 bits per heavy atom. The highest BCUT2D eigenvalue weighted by Gasteiger charge is 2.19. The molecule has 0 radical (unpaired) electrons. The Bertz CT molecular complexity index is 464. The van der Waals surface area contributed by atoms with E-state index in [4.69, 9.17) is 16.3 Å². The van der Waals surface area contributed by atoms with Crippen molar-refractivity contribution < 1.29 is 14.1 Å². The van der Waals surface area contributed by atoms with E-state index in [1.807, 2.05) is 0 Å². The van der Waals surface area contributed by atoms with Gasteiger partial charge in [-0.15, -0.1) is 0 Å². The normalized spacial score (nSPS) is 16.8. The van der Waals surface area contributed by atoms with Gasteiger partial charge >= 0.3 is 5.69 Å². The Balaban J connectivity index is 2.21. The fraction of sp³-hybridized carbons (Fsp3) is 0.455. The number of rotatable bonds is 3. The molecule has 7 heteroatoms. The van der Waals surface area contributed by atoms with E-state index in [-0.39, 0.29) is 5.02 Å². The Kier molecular flexibility index (Phi) is 4.11. The number of nitro benzene ring substituents is 1. The molecule has 0 aliphatic carbocycles. The molecule has 1 aliphatic rings. The zero-order chi connectivity index (χ0) is 13.1. The minimum atomic E-state index is -0.907. The molecule has 18 heavy (non-hydrogen) atoms. The summed E-state index contributed by atoms with van der Waals surface area (Å²) in [6, 6.07) is 2.20. The molecular weight excluding hydrogens is 263 g/mol. The minimum Gasteiger partial charge on any atom is -0.379 e. The van der Waals surface area contributed by atoms with Gasteiger partial charge in [-0.05, 0) is 11.6 Å². The number of nitro groups is 1. The van der Waals surface area contributed by atoms with Gasteiger partial charge in [0.05, 0.1) is 18.1 Å². The Morgan fingerprint density at radius 2 is 2.11 bits per heavy atom. The molecule has 1 heterocycles. The van der Waals surface area contributed by atoms with Crippen molar-refractivity contribution >= 4 is 17.3 Å². The third-order valence-electron chi connectivity index (χ3n) is 2.81. The summed E-state index contributed by atoms with van der Waals surface area (Å²) < 4.78 is 18.5. The summed E-state index contributed by atoms with van der Waals surface area (Å²) in [5, 5.41) is 10.9. The summed E-state index contributed by atoms with van der Waals surface area (Å²) in [6.45, 7) is 3.19. The van der Waals surface area contributed by atoms with Gasteiger partial charge in [0, 0.05) is 30.7 Å². The summed E-state index contributed by atoms with van der Waals surface area (Å²) in [5.74, 6) is -0.907. The topological polar surface area (TPSA) is 55.6 Å². The molecule has 0 aromatic heterocycles. The van der Waals surface area contributed by atoms with E-state index in [1.165, 1.54) is 6.07 Å². The smallest absolute Gasteiger partial charge is 0.305 e. The predicted molar refractivity (Wildman–Crippen MR) is 64.2 cm³/mol. The Hall–Kier alpha value is -1.24. The molecule has 0 amide bonds. The third kappa shape index (κ3) is 2.95. The molecule has 0 N–H and O–H groups in total. The van der Waals surface area contributed by atoms with Crippen LogP contribution < -0.4 is 0 Å². The molecule has 1 saturated heterocycles. The van der Waals surface area contributed by atoms with Gasteiger partial charge in [-0.25, -0.2) is 0 Å². The molecule has 2 rings (SSSR count). The highest BCUT2D eigenvalue weighted by Crippen LogP contribution is 2.26. The lowest BCUT2D eigenvalue weighted by atomic mass is 10.1. The molecule has 0 bridgehead atoms. The van der Waals surface area contributed by atoms with Gasteiger partial charge in [-0.1, -0.05) is 11.6 Å². The molecule has 5 nitrogen and oxygen atoms in total. The first-order valence-electron chi connectivity index (χ1n) is 5.50. The molecule has 1 fully saturated rings. The monoisotopic (exact) mass is 274 g/mol. The van der Waals surface area contributed by atoms with Crippen LogP contribution >= 0.6 is 11.6 Å². The molecular formula is C11H12ClFN2O3. The molecule has 0 saturated carbocycles. The van der Waals surface area contributed by atoms with Crippen molar-refractivity contribution in [2.45, 2.75) is 6.54 Å². The Labute approximate surface area is 108 Å². The van der Waals surface area contributed by atoms with Gasteiger partial charge in [0.25, 0.3) is 0 Å². The lowest BCUT2D eigenvalue weighted by Crippen LogP contribution is -2.35. The molecule has 1 aliphatic heterocycles. The van der Waals surface area contributed by atoms with Crippen LogP contribution in [0.4, 0.5) is 10.1 Å². The van der Waals surface area contributed by atoms with Crippen LogP contribution in [0.15, 0.2) is 12.1 Å². The lowest BCUT2D eigenvalue weighted by Gasteiger charge is -2.26. The van der Waals surface area contributed by atoms with Crippen molar-refractivity contribution in [3.63, 3.8) is 0 Å². The van der Waals surface area contributed by atoms with Crippen LogP contribution in [-0.2, 0) is 11.3 Å². The number of hydrogen-bond acceptors (Lipinski definition) is 4. The van der Waals surface area contributed by atoms with Gasteiger partial charge in [-0.3, -0.25) is 15.0 Å². The van der Waals surface area contributed by atoms with Crippen LogP contribution in [0.3, 0.4) is 0 Å². The highest BCUT2D eigenvalue weighted by atomic mass is 35.5. The van der Waals surface area contributed by atoms with Crippen LogP contribution in [0.5, 0.6) is 0 Å². The van der Waals surface area contributed by atoms with E-state index in [0.717, 1.165) is 19.2 Å². The second-order valence-electron chi connectivity index (χ2n) is 4.04. The fourth-order valence-corrected chi connectivity index (χ4v) is 2.05. The van der Waals surface area contributed by atoms with E-state index in [1.54, 1.807) is 0 Å². The van der Waals surface area contributed by atoms with Crippen LogP contribution in [0.2, 0.25) is 5.02 Å². The molecule has 1 aromatic carbocycles. The van der Waals surface area contributed by atoms with E-state index < -0.39 is 16.4 Å². The van der Waals surface area contributed by atoms with Crippen molar-refractivity contribution in [2.24, 2.45) is 0 Å². The zero-order valence-electron chi connectivity index (χ0n) is 9.57. The minimum absolute atomic E-state index is 0.213. The average Bonchev–Trinajstić information content (AvgIpc) is 2.33. The summed E-state index contributed by atoms with van der Waals surface area (Å²) in [7, 11) is 0. The molecule has 98 valence electrons. The Morgan fingerprint density at radius 1 is 1.44 bits per heavy atom. The lowest BCUT2D eigenvalue weighted by molar-refractivity contribution is -0.387. The predicted octanol–water partition coefficient (Wildman–Crippen LogP) is 2.22. The maximum atomic E-state index is 13.3. The van der Waals surface area contributed by atoms with Gasteiger partial charge < -0.3 is 4.74 Å². The highest BCUT2D eigenvalue weighted by molar-refractivity contribution is 6.31. The SMILES string of the molecule is O=[N+]([O-])c1cc(CN2CCOCC2)c(Cl)cc1F. The zero-order valence-corrected chi connectivity index (χ0v) is 10.3. The van der Waals surface area contributed by atoms with Crippen molar-refractivity contribution in [1.29, 1.82) is 0 Å². The maximum absolute atomic E-state index is 13.3. The standard InChI is InChI=1S/C11H12ClFN2O3/c12-9-6-10(13)11(15(16)17)5-8(9)7-14-1-3-18-4-2-14/h5-6H,1-4,7H2. The largest absolute Gasteiger partial charge is 0.379 e. The van der Waals surface area contributed by atoms with Crippen LogP contribution in [0, 0.1) is 15.9 Å². The van der Waals surface area contributed by atoms with Gasteiger partial charge in [0.15, 0.2) is 0 Å². The van der Waals surface area contributed by atoms with E-state index in [0.29, 0.717) is 25.3 Å². The second kappa shape index (κ2) is 5.60. The number of ether oxygens (including phenoxy) is 1. The van der Waals surface area contributed by atoms with Gasteiger partial charge in [0.1, 0.15) is 0 Å². The van der Waals surface area contributed by atoms with E-state index in [9.17, 15) is 14.5 Å². The molecule has 0 atom stereocenters. The van der Waals surface area contributed by atoms with Crippen LogP contribution in [0.1, 0.15) is 5.56 Å². The summed E-state index contributed by atoms with van der Waals surface area (Å²) in [5.41, 5.74) is 0.0225. The van der Waals surface area contributed by atoms with Crippen LogP contribution in [-0.4, -0.2) is 36.1 Å². The number of benzene rings is 1. The first kappa shape index (κ1) is 13.2. The first-order valence-corrected chi connectivity index (χ1v) is 5.88. The van der Waals surface area contributed by atoms with E-state index >= 15 is 0 Å². The van der Waals surface area contributed by atoms with Crippen molar-refractivity contribution in [3.8, 4) is 0 Å². The summed E-state index contributed by atoms with van der Waals surface area (Å²) in [6.07, 6.45) is 0. The van der Waals surface area contributed by atoms with Gasteiger partial charge in [-0.2, -0.15) is 4.39 Å². The number of morpholine rings is 1. The summed E-state index contributed by atoms with van der Waals surface area (Å²) in [4.78, 5) is 12.0. The fourth-order valence-electron chi connectivity index (χ4n) is 1.84. The first-order chi connectivity index (χ1) is 8.58. The number of nitrogens with zero attached hydrogens (tertiary/aromatic N) is 2. The van der Waals surface area contributed by atoms with Crippen molar-refractivity contribution in [1.82, 2.24) is 4.90 Å². The quantitative estimate of drug-likeness (QED) is 0.626.